The average molecular weight is 2180 g/mol. The fourth-order valence-corrected chi connectivity index (χ4v) is 37.9. The van der Waals surface area contributed by atoms with Crippen LogP contribution in [0, 0.1) is 40.4 Å². The lowest BCUT2D eigenvalue weighted by Crippen LogP contribution is -2.30. The number of aryl methyl sites for hydroxylation is 5. The van der Waals surface area contributed by atoms with Crippen LogP contribution in [0.3, 0.4) is 0 Å². The lowest BCUT2D eigenvalue weighted by Gasteiger charge is -2.17. The minimum Gasteiger partial charge on any atom is -0.322 e. The summed E-state index contributed by atoms with van der Waals surface area (Å²) in [5.74, 6) is -2.99. The zero-order valence-corrected chi connectivity index (χ0v) is 84.6. The Morgan fingerprint density at radius 3 is 0.653 bits per heavy atom. The van der Waals surface area contributed by atoms with E-state index in [1.165, 1.54) is 231 Å². The minimum absolute atomic E-state index is 0. The molecule has 0 aliphatic carbocycles. The van der Waals surface area contributed by atoms with Crippen molar-refractivity contribution in [2.24, 2.45) is 0 Å². The number of fused-ring (bicyclic) bond motifs is 5. The summed E-state index contributed by atoms with van der Waals surface area (Å²) in [4.78, 5) is 59.6. The first-order valence-corrected chi connectivity index (χ1v) is 57.5. The predicted molar refractivity (Wildman–Crippen MR) is 551 cm³/mol. The van der Waals surface area contributed by atoms with Crippen molar-refractivity contribution in [2.45, 2.75) is 91.0 Å². The van der Waals surface area contributed by atoms with Gasteiger partial charge in [-0.25, -0.2) is 4.39 Å². The summed E-state index contributed by atoms with van der Waals surface area (Å²) >= 11 is 0. The van der Waals surface area contributed by atoms with Gasteiger partial charge in [-0.15, -0.1) is 0 Å². The fraction of sp³-hybridized carbons (Fsp3) is 0.0594. The summed E-state index contributed by atoms with van der Waals surface area (Å²) < 4.78 is 273. The van der Waals surface area contributed by atoms with Crippen molar-refractivity contribution in [3.8, 4) is 0 Å². The van der Waals surface area contributed by atoms with Crippen LogP contribution in [0.2, 0.25) is 0 Å². The highest BCUT2D eigenvalue weighted by molar-refractivity contribution is 8.15. The van der Waals surface area contributed by atoms with Crippen LogP contribution in [-0.2, 0) is 100 Å². The van der Waals surface area contributed by atoms with Crippen LogP contribution in [0.1, 0.15) is 87.0 Å². The van der Waals surface area contributed by atoms with E-state index in [2.05, 4.69) is 26.6 Å². The van der Waals surface area contributed by atoms with E-state index in [1.54, 1.807) is 130 Å². The molecule has 20 rings (SSSR count). The van der Waals surface area contributed by atoms with E-state index in [9.17, 15) is 113 Å². The molecule has 0 atom stereocenters. The van der Waals surface area contributed by atoms with E-state index in [1.807, 2.05) is 32.0 Å². The zero-order valence-electron chi connectivity index (χ0n) is 76.5. The SMILES string of the molecule is C.Cc1ccc(C(=O)Nc2cccc(N3S(=O)(=O)c4ccccc4S3(=O)=O)c2)c(F)c1.Cc1ccc(C(=O)Nc2cccc(N3S(=O)(=O)c4ccccc4S3(=O)=O)c2)cc1.Cc1cccc(C(=O)Nc2cccc(N3S(=O)(=O)c4ccccc4S3(=O)=O)c2)c1.Cc1ccccc1C(=O)Nc1cccc(N2S(=O)(=O)c3ccccc3S2(=O)=O)c1.Cc1ccccc1C(=O)Nc1cccc(N2S(=O)(=O)c3ccccc3S2(=O)=O)c1. The maximum atomic E-state index is 14.1. The van der Waals surface area contributed by atoms with E-state index in [0.29, 0.717) is 46.4 Å². The second-order valence-electron chi connectivity index (χ2n) is 32.6. The molecule has 5 amide bonds. The van der Waals surface area contributed by atoms with Gasteiger partial charge in [0.15, 0.2) is 0 Å². The number of carbonyl (C=O) groups is 5. The summed E-state index contributed by atoms with van der Waals surface area (Å²) in [5, 5.41) is 13.2. The predicted octanol–water partition coefficient (Wildman–Crippen LogP) is 16.5. The number of anilines is 10. The van der Waals surface area contributed by atoms with Gasteiger partial charge in [-0.3, -0.25) is 24.0 Å². The molecule has 0 bridgehead atoms. The van der Waals surface area contributed by atoms with Gasteiger partial charge in [-0.05, 0) is 251 Å². The van der Waals surface area contributed by atoms with E-state index in [-0.39, 0.29) is 137 Å². The third-order valence-electron chi connectivity index (χ3n) is 22.5. The van der Waals surface area contributed by atoms with Crippen molar-refractivity contribution in [3.05, 3.63) is 419 Å². The van der Waals surface area contributed by atoms with Crippen LogP contribution in [-0.4, -0.2) is 114 Å². The largest absolute Gasteiger partial charge is 0.322 e. The maximum absolute atomic E-state index is 14.1. The Balaban J connectivity index is 0.000000138. The van der Waals surface area contributed by atoms with Crippen LogP contribution < -0.4 is 45.1 Å². The Hall–Kier alpha value is -15.9. The first-order valence-electron chi connectivity index (χ1n) is 43.1. The minimum atomic E-state index is -4.34. The third-order valence-corrected chi connectivity index (χ3v) is 44.7. The second-order valence-corrected chi connectivity index (χ2v) is 51.3. The second kappa shape index (κ2) is 40.6. The molecule has 5 heterocycles. The molecule has 0 saturated carbocycles. The molecule has 5 aliphatic rings. The molecule has 0 radical (unpaired) electrons. The molecule has 0 spiro atoms. The van der Waals surface area contributed by atoms with Gasteiger partial charge in [0.05, 0.1) is 34.0 Å². The summed E-state index contributed by atoms with van der Waals surface area (Å²) in [5.41, 5.74) is 6.44. The van der Waals surface area contributed by atoms with Gasteiger partial charge in [-0.2, -0.15) is 103 Å². The molecular formula is C101H83FN10O25S10. The highest BCUT2D eigenvalue weighted by Gasteiger charge is 2.52. The van der Waals surface area contributed by atoms with Crippen molar-refractivity contribution in [1.82, 2.24) is 0 Å². The number of hydrogen-bond donors (Lipinski definition) is 5. The van der Waals surface area contributed by atoms with Gasteiger partial charge >= 0.3 is 0 Å². The molecule has 147 heavy (non-hydrogen) atoms. The molecule has 0 unspecified atom stereocenters. The van der Waals surface area contributed by atoms with Crippen LogP contribution in [0.5, 0.6) is 0 Å². The smallest absolute Gasteiger partial charge is 0.279 e. The molecule has 754 valence electrons. The number of amides is 5. The Morgan fingerprint density at radius 2 is 0.408 bits per heavy atom. The molecule has 5 N–H and O–H groups in total. The molecular weight excluding hydrogens is 2090 g/mol. The number of nitrogens with zero attached hydrogens (tertiary/aromatic N) is 5. The number of halogens is 1. The van der Waals surface area contributed by atoms with Gasteiger partial charge in [-0.1, -0.05) is 176 Å². The van der Waals surface area contributed by atoms with Gasteiger partial charge in [0.1, 0.15) is 54.8 Å². The van der Waals surface area contributed by atoms with Crippen molar-refractivity contribution in [3.63, 3.8) is 0 Å². The van der Waals surface area contributed by atoms with Gasteiger partial charge in [0, 0.05) is 50.7 Å². The molecule has 0 aromatic heterocycles. The number of hydrogen-bond acceptors (Lipinski definition) is 25. The zero-order chi connectivity index (χ0) is 105. The quantitative estimate of drug-likeness (QED) is 0.0636. The van der Waals surface area contributed by atoms with Gasteiger partial charge in [0.25, 0.3) is 130 Å². The van der Waals surface area contributed by atoms with Crippen molar-refractivity contribution in [2.75, 3.05) is 45.1 Å². The van der Waals surface area contributed by atoms with Crippen molar-refractivity contribution >= 4 is 187 Å². The lowest BCUT2D eigenvalue weighted by atomic mass is 10.1. The summed E-state index contributed by atoms with van der Waals surface area (Å²) in [6, 6.07) is 87.3. The summed E-state index contributed by atoms with van der Waals surface area (Å²) in [6.45, 7) is 9.04. The van der Waals surface area contributed by atoms with Crippen molar-refractivity contribution in [1.29, 1.82) is 0 Å². The van der Waals surface area contributed by atoms with E-state index in [4.69, 9.17) is 0 Å². The molecule has 15 aromatic rings. The number of benzene rings is 15. The molecule has 0 fully saturated rings. The number of rotatable bonds is 15. The molecule has 35 nitrogen and oxygen atoms in total. The highest BCUT2D eigenvalue weighted by Crippen LogP contribution is 2.47. The lowest BCUT2D eigenvalue weighted by molar-refractivity contribution is 0.101. The average Bonchev–Trinajstić information content (AvgIpc) is 1.58. The highest BCUT2D eigenvalue weighted by atomic mass is 32.3. The standard InChI is InChI=1S/C20H15FN2O5S2.4C20H16N2O5S2.CH4/c1-13-9-10-16(17(21)11-13)20(24)22-14-5-4-6-15(12-14)23-29(25,26)18-7-2-3-8-19(18)30(23,27)28;1-14-6-4-7-15(12-14)20(23)21-16-8-5-9-17(13-16)22-28(24,25)18-10-2-3-11-19(18)29(22,26)27;2*1-14-7-2-3-10-17(14)20(23)21-15-8-6-9-16(13-15)22-28(24,25)18-11-4-5-12-19(18)29(22,26)27;1-14-9-11-15(12-10-14)20(23)21-16-5-4-6-17(13-16)22-28(24,25)18-7-2-3-8-19(18)29(22,26)27;/h2-12H,1H3,(H,22,24);4*2-13H,1H3,(H,21,23);1H4. The van der Waals surface area contributed by atoms with Crippen LogP contribution in [0.15, 0.2) is 407 Å². The number of sulfonamides is 10. The third kappa shape index (κ3) is 20.3. The normalized spacial score (nSPS) is 16.1. The van der Waals surface area contributed by atoms with Crippen molar-refractivity contribution < 1.29 is 113 Å². The summed E-state index contributed by atoms with van der Waals surface area (Å²) in [6.07, 6.45) is 0. The Kier molecular flexibility index (Phi) is 29.1. The monoisotopic (exact) mass is 2170 g/mol. The van der Waals surface area contributed by atoms with Crippen LogP contribution in [0.25, 0.3) is 0 Å². The Bertz CT molecular complexity index is 8760. The molecule has 15 aromatic carbocycles. The topological polar surface area (TPSA) is 503 Å². The first-order chi connectivity index (χ1) is 69.0. The maximum Gasteiger partial charge on any atom is 0.279 e. The number of nitrogens with one attached hydrogen (secondary N) is 5. The van der Waals surface area contributed by atoms with E-state index < -0.39 is 118 Å². The first kappa shape index (κ1) is 105. The molecule has 5 aliphatic heterocycles. The van der Waals surface area contributed by atoms with Gasteiger partial charge in [0.2, 0.25) is 0 Å². The van der Waals surface area contributed by atoms with E-state index >= 15 is 0 Å². The Morgan fingerprint density at radius 1 is 0.197 bits per heavy atom. The number of carbonyl (C=O) groups excluding carboxylic acids is 5. The fourth-order valence-electron chi connectivity index (χ4n) is 15.7. The Labute approximate surface area is 847 Å². The van der Waals surface area contributed by atoms with Gasteiger partial charge < -0.3 is 26.6 Å². The summed E-state index contributed by atoms with van der Waals surface area (Å²) in [7, 11) is -42.9. The van der Waals surface area contributed by atoms with Crippen LogP contribution in [0.4, 0.5) is 61.3 Å². The van der Waals surface area contributed by atoms with Crippen LogP contribution >= 0.6 is 0 Å². The molecule has 46 heteroatoms. The van der Waals surface area contributed by atoms with E-state index in [0.717, 1.165) is 22.3 Å². The molecule has 0 saturated heterocycles.